The second kappa shape index (κ2) is 6.39. The van der Waals surface area contributed by atoms with E-state index in [1.54, 1.807) is 24.3 Å². The van der Waals surface area contributed by atoms with Crippen molar-refractivity contribution in [1.29, 1.82) is 0 Å². The molecule has 0 saturated carbocycles. The molecule has 1 saturated heterocycles. The highest BCUT2D eigenvalue weighted by molar-refractivity contribution is 5.99. The van der Waals surface area contributed by atoms with Crippen molar-refractivity contribution in [2.75, 3.05) is 11.4 Å². The molecule has 6 nitrogen and oxygen atoms in total. The van der Waals surface area contributed by atoms with Gasteiger partial charge in [0.2, 0.25) is 5.91 Å². The van der Waals surface area contributed by atoms with E-state index >= 15 is 0 Å². The van der Waals surface area contributed by atoms with Crippen LogP contribution in [0.5, 0.6) is 0 Å². The summed E-state index contributed by atoms with van der Waals surface area (Å²) < 4.78 is 0. The van der Waals surface area contributed by atoms with E-state index in [0.717, 1.165) is 5.69 Å². The number of carboxylic acid groups (broad SMARTS) is 1. The van der Waals surface area contributed by atoms with Crippen LogP contribution >= 0.6 is 0 Å². The minimum atomic E-state index is -0.936. The average Bonchev–Trinajstić information content (AvgIpc) is 2.97. The van der Waals surface area contributed by atoms with Crippen LogP contribution in [0.15, 0.2) is 64.8 Å². The number of amides is 1. The fourth-order valence-corrected chi connectivity index (χ4v) is 2.43. The van der Waals surface area contributed by atoms with Crippen LogP contribution in [0.2, 0.25) is 0 Å². The van der Waals surface area contributed by atoms with Gasteiger partial charge in [-0.2, -0.15) is 10.2 Å². The lowest BCUT2D eigenvalue weighted by Gasteiger charge is -2.15. The maximum atomic E-state index is 11.9. The molecule has 0 bridgehead atoms. The summed E-state index contributed by atoms with van der Waals surface area (Å²) in [7, 11) is 0. The first kappa shape index (κ1) is 14.9. The molecular formula is C17H15N3O3. The van der Waals surface area contributed by atoms with Gasteiger partial charge in [0, 0.05) is 18.7 Å². The molecule has 6 heteroatoms. The maximum absolute atomic E-state index is 11.9. The van der Waals surface area contributed by atoms with Gasteiger partial charge in [-0.05, 0) is 36.4 Å². The molecule has 1 atom stereocenters. The molecular weight excluding hydrogens is 294 g/mol. The van der Waals surface area contributed by atoms with Gasteiger partial charge in [-0.15, -0.1) is 0 Å². The van der Waals surface area contributed by atoms with E-state index in [1.165, 1.54) is 4.90 Å². The third-order valence-corrected chi connectivity index (χ3v) is 3.67. The molecule has 1 N–H and O–H groups in total. The summed E-state index contributed by atoms with van der Waals surface area (Å²) >= 11 is 0. The Labute approximate surface area is 133 Å². The number of azo groups is 1. The Balaban J connectivity index is 1.71. The van der Waals surface area contributed by atoms with Crippen LogP contribution in [0.1, 0.15) is 6.42 Å². The van der Waals surface area contributed by atoms with E-state index in [4.69, 9.17) is 5.11 Å². The lowest BCUT2D eigenvalue weighted by molar-refractivity contribution is -0.141. The molecule has 23 heavy (non-hydrogen) atoms. The lowest BCUT2D eigenvalue weighted by atomic mass is 10.1. The van der Waals surface area contributed by atoms with Gasteiger partial charge < -0.3 is 10.0 Å². The highest BCUT2D eigenvalue weighted by atomic mass is 16.4. The molecule has 1 unspecified atom stereocenters. The van der Waals surface area contributed by atoms with Gasteiger partial charge in [-0.1, -0.05) is 18.2 Å². The highest BCUT2D eigenvalue weighted by Crippen LogP contribution is 2.27. The van der Waals surface area contributed by atoms with Gasteiger partial charge in [0.15, 0.2) is 0 Å². The zero-order valence-electron chi connectivity index (χ0n) is 12.3. The fraction of sp³-hybridized carbons (Fsp3) is 0.176. The third kappa shape index (κ3) is 3.42. The van der Waals surface area contributed by atoms with Gasteiger partial charge in [0.25, 0.3) is 0 Å². The number of carbonyl (C=O) groups is 2. The van der Waals surface area contributed by atoms with Gasteiger partial charge in [0.05, 0.1) is 17.3 Å². The molecule has 116 valence electrons. The van der Waals surface area contributed by atoms with Crippen LogP contribution in [-0.2, 0) is 9.59 Å². The minimum Gasteiger partial charge on any atom is -0.481 e. The lowest BCUT2D eigenvalue weighted by Crippen LogP contribution is -2.25. The van der Waals surface area contributed by atoms with Gasteiger partial charge in [-0.3, -0.25) is 9.59 Å². The molecule has 1 aliphatic rings. The summed E-state index contributed by atoms with van der Waals surface area (Å²) in [5, 5.41) is 17.3. The zero-order chi connectivity index (χ0) is 16.2. The Hall–Kier alpha value is -3.02. The van der Waals surface area contributed by atoms with Crippen molar-refractivity contribution in [3.05, 3.63) is 54.6 Å². The molecule has 1 amide bonds. The third-order valence-electron chi connectivity index (χ3n) is 3.67. The number of benzene rings is 2. The summed E-state index contributed by atoms with van der Waals surface area (Å²) in [6, 6.07) is 16.4. The molecule has 0 spiro atoms. The summed E-state index contributed by atoms with van der Waals surface area (Å²) in [6.07, 6.45) is 0.0464. The largest absolute Gasteiger partial charge is 0.481 e. The van der Waals surface area contributed by atoms with Crippen LogP contribution in [-0.4, -0.2) is 23.5 Å². The van der Waals surface area contributed by atoms with Crippen molar-refractivity contribution in [1.82, 2.24) is 0 Å². The summed E-state index contributed by atoms with van der Waals surface area (Å²) in [6.45, 7) is 0.207. The standard InChI is InChI=1S/C17H15N3O3/c21-16-10-12(17(22)23)11-20(16)15-8-6-14(7-9-15)19-18-13-4-2-1-3-5-13/h1-9,12H,10-11H2,(H,22,23). The van der Waals surface area contributed by atoms with Crippen molar-refractivity contribution in [2.24, 2.45) is 16.1 Å². The monoisotopic (exact) mass is 309 g/mol. The SMILES string of the molecule is O=C(O)C1CC(=O)N(c2ccc(N=Nc3ccccc3)cc2)C1. The minimum absolute atomic E-state index is 0.0464. The van der Waals surface area contributed by atoms with E-state index in [2.05, 4.69) is 10.2 Å². The molecule has 1 heterocycles. The first-order valence-corrected chi connectivity index (χ1v) is 7.23. The van der Waals surface area contributed by atoms with E-state index in [9.17, 15) is 9.59 Å². The first-order chi connectivity index (χ1) is 11.1. The van der Waals surface area contributed by atoms with E-state index in [-0.39, 0.29) is 18.9 Å². The second-order valence-electron chi connectivity index (χ2n) is 5.30. The number of hydrogen-bond acceptors (Lipinski definition) is 4. The molecule has 0 aromatic heterocycles. The number of aliphatic carboxylic acids is 1. The Morgan fingerprint density at radius 2 is 1.61 bits per heavy atom. The molecule has 2 aromatic rings. The quantitative estimate of drug-likeness (QED) is 0.877. The van der Waals surface area contributed by atoms with E-state index < -0.39 is 11.9 Å². The number of nitrogens with zero attached hydrogens (tertiary/aromatic N) is 3. The van der Waals surface area contributed by atoms with Crippen LogP contribution in [0.4, 0.5) is 17.1 Å². The topological polar surface area (TPSA) is 82.3 Å². The number of anilines is 1. The van der Waals surface area contributed by atoms with Crippen LogP contribution < -0.4 is 4.90 Å². The average molecular weight is 309 g/mol. The number of carbonyl (C=O) groups excluding carboxylic acids is 1. The Morgan fingerprint density at radius 1 is 1.00 bits per heavy atom. The first-order valence-electron chi connectivity index (χ1n) is 7.23. The number of carboxylic acids is 1. The normalized spacial score (nSPS) is 17.8. The summed E-state index contributed by atoms with van der Waals surface area (Å²) in [5.41, 5.74) is 2.10. The van der Waals surface area contributed by atoms with Crippen molar-refractivity contribution in [3.8, 4) is 0 Å². The van der Waals surface area contributed by atoms with E-state index in [0.29, 0.717) is 11.4 Å². The smallest absolute Gasteiger partial charge is 0.308 e. The van der Waals surface area contributed by atoms with Gasteiger partial charge in [-0.25, -0.2) is 0 Å². The highest BCUT2D eigenvalue weighted by Gasteiger charge is 2.34. The van der Waals surface area contributed by atoms with Crippen LogP contribution in [0, 0.1) is 5.92 Å². The molecule has 3 rings (SSSR count). The van der Waals surface area contributed by atoms with E-state index in [1.807, 2.05) is 30.3 Å². The Bertz CT molecular complexity index is 741. The van der Waals surface area contributed by atoms with Crippen molar-refractivity contribution >= 4 is 28.9 Å². The van der Waals surface area contributed by atoms with Gasteiger partial charge >= 0.3 is 5.97 Å². The van der Waals surface area contributed by atoms with Gasteiger partial charge in [0.1, 0.15) is 0 Å². The Kier molecular flexibility index (Phi) is 4.14. The fourth-order valence-electron chi connectivity index (χ4n) is 2.43. The number of hydrogen-bond donors (Lipinski definition) is 1. The summed E-state index contributed by atoms with van der Waals surface area (Å²) in [4.78, 5) is 24.4. The second-order valence-corrected chi connectivity index (χ2v) is 5.30. The molecule has 1 fully saturated rings. The predicted molar refractivity (Wildman–Crippen MR) is 85.2 cm³/mol. The van der Waals surface area contributed by atoms with Crippen molar-refractivity contribution in [2.45, 2.75) is 6.42 Å². The molecule has 0 aliphatic carbocycles. The molecule has 0 radical (unpaired) electrons. The maximum Gasteiger partial charge on any atom is 0.308 e. The molecule has 2 aromatic carbocycles. The van der Waals surface area contributed by atoms with Crippen LogP contribution in [0.3, 0.4) is 0 Å². The van der Waals surface area contributed by atoms with Crippen molar-refractivity contribution < 1.29 is 14.7 Å². The van der Waals surface area contributed by atoms with Crippen LogP contribution in [0.25, 0.3) is 0 Å². The predicted octanol–water partition coefficient (Wildman–Crippen LogP) is 3.54. The van der Waals surface area contributed by atoms with Crippen molar-refractivity contribution in [3.63, 3.8) is 0 Å². The zero-order valence-corrected chi connectivity index (χ0v) is 12.3. The number of rotatable bonds is 4. The Morgan fingerprint density at radius 3 is 2.17 bits per heavy atom. The molecule has 1 aliphatic heterocycles. The summed E-state index contributed by atoms with van der Waals surface area (Å²) in [5.74, 6) is -1.75.